The highest BCUT2D eigenvalue weighted by molar-refractivity contribution is 7.93. The summed E-state index contributed by atoms with van der Waals surface area (Å²) in [4.78, 5) is 28.1. The van der Waals surface area contributed by atoms with Gasteiger partial charge in [0.1, 0.15) is 11.7 Å². The number of amides is 2. The molecule has 0 aliphatic rings. The van der Waals surface area contributed by atoms with Crippen molar-refractivity contribution >= 4 is 33.6 Å². The molecule has 0 fully saturated rings. The first-order valence-corrected chi connectivity index (χ1v) is 13.4. The SMILES string of the molecule is CC(C)N(C(=O)C(Cc1cccc(C(F)(F)F)c1)C(=O)NS(=O)(=O)C=Cc1ccccc1)c1ccc(F)cc1. The lowest BCUT2D eigenvalue weighted by molar-refractivity contribution is -0.137. The van der Waals surface area contributed by atoms with Gasteiger partial charge < -0.3 is 4.90 Å². The first-order valence-electron chi connectivity index (χ1n) is 11.8. The number of carbonyl (C=O) groups excluding carboxylic acids is 2. The summed E-state index contributed by atoms with van der Waals surface area (Å²) in [5.74, 6) is -4.37. The van der Waals surface area contributed by atoms with Crippen LogP contribution in [0.25, 0.3) is 6.08 Å². The van der Waals surface area contributed by atoms with E-state index in [1.54, 1.807) is 44.2 Å². The number of hydrogen-bond donors (Lipinski definition) is 1. The van der Waals surface area contributed by atoms with Gasteiger partial charge in [0.25, 0.3) is 10.0 Å². The monoisotopic (exact) mass is 562 g/mol. The van der Waals surface area contributed by atoms with E-state index in [0.29, 0.717) is 5.56 Å². The Labute approximate surface area is 224 Å². The first kappa shape index (κ1) is 29.6. The van der Waals surface area contributed by atoms with Crippen molar-refractivity contribution in [1.82, 2.24) is 4.72 Å². The lowest BCUT2D eigenvalue weighted by Crippen LogP contribution is -2.48. The van der Waals surface area contributed by atoms with Crippen molar-refractivity contribution in [2.24, 2.45) is 5.92 Å². The van der Waals surface area contributed by atoms with Crippen molar-refractivity contribution in [3.8, 4) is 0 Å². The van der Waals surface area contributed by atoms with Gasteiger partial charge in [0, 0.05) is 11.7 Å². The molecule has 2 amide bonds. The number of hydrogen-bond acceptors (Lipinski definition) is 4. The van der Waals surface area contributed by atoms with E-state index in [9.17, 15) is 35.6 Å². The summed E-state index contributed by atoms with van der Waals surface area (Å²) in [7, 11) is -4.38. The van der Waals surface area contributed by atoms with Crippen LogP contribution in [0.2, 0.25) is 0 Å². The van der Waals surface area contributed by atoms with E-state index in [2.05, 4.69) is 0 Å². The van der Waals surface area contributed by atoms with Crippen LogP contribution in [-0.2, 0) is 32.2 Å². The molecule has 0 aromatic heterocycles. The summed E-state index contributed by atoms with van der Waals surface area (Å²) < 4.78 is 80.5. The number of carbonyl (C=O) groups is 2. The maximum atomic E-state index is 13.7. The zero-order chi connectivity index (χ0) is 28.8. The molecule has 11 heteroatoms. The maximum Gasteiger partial charge on any atom is 0.416 e. The molecule has 3 rings (SSSR count). The topological polar surface area (TPSA) is 83.6 Å². The predicted octanol–water partition coefficient (Wildman–Crippen LogP) is 5.56. The van der Waals surface area contributed by atoms with Crippen molar-refractivity contribution in [1.29, 1.82) is 0 Å². The average Bonchev–Trinajstić information content (AvgIpc) is 2.87. The Hall–Kier alpha value is -3.99. The second kappa shape index (κ2) is 12.2. The number of rotatable bonds is 9. The number of anilines is 1. The summed E-state index contributed by atoms with van der Waals surface area (Å²) in [6.45, 7) is 3.25. The quantitative estimate of drug-likeness (QED) is 0.273. The number of halogens is 4. The van der Waals surface area contributed by atoms with Gasteiger partial charge in [0.05, 0.1) is 11.0 Å². The molecule has 3 aromatic rings. The third kappa shape index (κ3) is 8.25. The van der Waals surface area contributed by atoms with Crippen molar-refractivity contribution < 1.29 is 35.6 Å². The summed E-state index contributed by atoms with van der Waals surface area (Å²) in [5.41, 5.74) is -0.220. The lowest BCUT2D eigenvalue weighted by atomic mass is 9.95. The summed E-state index contributed by atoms with van der Waals surface area (Å²) >= 11 is 0. The van der Waals surface area contributed by atoms with Gasteiger partial charge in [0.2, 0.25) is 11.8 Å². The smallest absolute Gasteiger partial charge is 0.309 e. The summed E-state index contributed by atoms with van der Waals surface area (Å²) in [6, 6.07) is 16.8. The summed E-state index contributed by atoms with van der Waals surface area (Å²) in [5, 5.41) is 0.756. The van der Waals surface area contributed by atoms with E-state index in [0.717, 1.165) is 35.7 Å². The van der Waals surface area contributed by atoms with Crippen molar-refractivity contribution in [3.63, 3.8) is 0 Å². The Bertz CT molecular complexity index is 1440. The largest absolute Gasteiger partial charge is 0.416 e. The van der Waals surface area contributed by atoms with E-state index in [1.807, 2.05) is 4.72 Å². The Morgan fingerprint density at radius 2 is 1.59 bits per heavy atom. The molecule has 1 unspecified atom stereocenters. The molecule has 0 aliphatic heterocycles. The van der Waals surface area contributed by atoms with Crippen LogP contribution in [0, 0.1) is 11.7 Å². The van der Waals surface area contributed by atoms with Gasteiger partial charge in [-0.25, -0.2) is 17.5 Å². The van der Waals surface area contributed by atoms with Crippen molar-refractivity contribution in [2.75, 3.05) is 4.90 Å². The molecule has 39 heavy (non-hydrogen) atoms. The molecule has 0 aliphatic carbocycles. The van der Waals surface area contributed by atoms with E-state index >= 15 is 0 Å². The minimum atomic E-state index is -4.67. The zero-order valence-corrected chi connectivity index (χ0v) is 21.8. The Morgan fingerprint density at radius 3 is 2.18 bits per heavy atom. The van der Waals surface area contributed by atoms with Crippen LogP contribution in [0.4, 0.5) is 23.2 Å². The van der Waals surface area contributed by atoms with Crippen LogP contribution in [0.5, 0.6) is 0 Å². The molecule has 0 saturated heterocycles. The van der Waals surface area contributed by atoms with Gasteiger partial charge in [-0.2, -0.15) is 13.2 Å². The van der Waals surface area contributed by atoms with E-state index in [-0.39, 0.29) is 11.3 Å². The predicted molar refractivity (Wildman–Crippen MR) is 140 cm³/mol. The van der Waals surface area contributed by atoms with Gasteiger partial charge in [0.15, 0.2) is 0 Å². The van der Waals surface area contributed by atoms with E-state index in [4.69, 9.17) is 0 Å². The maximum absolute atomic E-state index is 13.7. The van der Waals surface area contributed by atoms with Crippen LogP contribution in [-0.4, -0.2) is 26.3 Å². The van der Waals surface area contributed by atoms with Crippen molar-refractivity contribution in [3.05, 3.63) is 107 Å². The number of sulfonamides is 1. The highest BCUT2D eigenvalue weighted by atomic mass is 32.2. The number of nitrogens with zero attached hydrogens (tertiary/aromatic N) is 1. The number of alkyl halides is 3. The first-order chi connectivity index (χ1) is 18.3. The molecule has 0 bridgehead atoms. The molecule has 206 valence electrons. The fraction of sp³-hybridized carbons (Fsp3) is 0.214. The minimum absolute atomic E-state index is 0.00152. The molecule has 6 nitrogen and oxygen atoms in total. The Kier molecular flexibility index (Phi) is 9.28. The lowest BCUT2D eigenvalue weighted by Gasteiger charge is -2.30. The third-order valence-corrected chi connectivity index (χ3v) is 6.63. The molecule has 0 radical (unpaired) electrons. The fourth-order valence-corrected chi connectivity index (χ4v) is 4.66. The zero-order valence-electron chi connectivity index (χ0n) is 21.0. The highest BCUT2D eigenvalue weighted by Crippen LogP contribution is 2.30. The number of nitrogens with one attached hydrogen (secondary N) is 1. The van der Waals surface area contributed by atoms with Crippen LogP contribution >= 0.6 is 0 Å². The molecule has 0 saturated carbocycles. The van der Waals surface area contributed by atoms with Gasteiger partial charge in [-0.1, -0.05) is 48.5 Å². The Morgan fingerprint density at radius 1 is 0.949 bits per heavy atom. The molecule has 0 heterocycles. The van der Waals surface area contributed by atoms with Gasteiger partial charge >= 0.3 is 6.18 Å². The van der Waals surface area contributed by atoms with Crippen LogP contribution < -0.4 is 9.62 Å². The normalized spacial score (nSPS) is 12.9. The molecule has 3 aromatic carbocycles. The van der Waals surface area contributed by atoms with E-state index < -0.39 is 57.8 Å². The highest BCUT2D eigenvalue weighted by Gasteiger charge is 2.36. The Balaban J connectivity index is 1.98. The second-order valence-corrected chi connectivity index (χ2v) is 10.5. The van der Waals surface area contributed by atoms with Crippen LogP contribution in [0.1, 0.15) is 30.5 Å². The van der Waals surface area contributed by atoms with Gasteiger partial charge in [-0.3, -0.25) is 9.59 Å². The average molecular weight is 563 g/mol. The fourth-order valence-electron chi connectivity index (χ4n) is 3.83. The van der Waals surface area contributed by atoms with Crippen LogP contribution in [0.15, 0.2) is 84.3 Å². The third-order valence-electron chi connectivity index (χ3n) is 5.65. The molecular formula is C28H26F4N2O4S. The van der Waals surface area contributed by atoms with Crippen molar-refractivity contribution in [2.45, 2.75) is 32.5 Å². The minimum Gasteiger partial charge on any atom is -0.309 e. The second-order valence-electron chi connectivity index (χ2n) is 8.96. The standard InChI is InChI=1S/C28H26F4N2O4S/c1-19(2)34(24-13-11-23(29)12-14-24)27(36)25(18-21-9-6-10-22(17-21)28(30,31)32)26(35)33-39(37,38)16-15-20-7-4-3-5-8-20/h3-17,19,25H,18H2,1-2H3,(H,33,35). The number of benzene rings is 3. The molecule has 1 atom stereocenters. The van der Waals surface area contributed by atoms with Crippen LogP contribution in [0.3, 0.4) is 0 Å². The molecule has 1 N–H and O–H groups in total. The van der Waals surface area contributed by atoms with Gasteiger partial charge in [-0.15, -0.1) is 0 Å². The molecule has 0 spiro atoms. The molecular weight excluding hydrogens is 536 g/mol. The van der Waals surface area contributed by atoms with Gasteiger partial charge in [-0.05, 0) is 67.8 Å². The van der Waals surface area contributed by atoms with E-state index in [1.165, 1.54) is 29.2 Å². The summed E-state index contributed by atoms with van der Waals surface area (Å²) in [6.07, 6.45) is -3.93.